The third-order valence-corrected chi connectivity index (χ3v) is 6.93. The SMILES string of the molecule is COc1ccc(NC(=O)c2nnc(C(=O)N3CCC(C(=O)NCc4ccccc4C)CC3)s2)cc1. The maximum atomic E-state index is 12.9. The lowest BCUT2D eigenvalue weighted by Crippen LogP contribution is -2.43. The number of nitrogens with zero attached hydrogens (tertiary/aromatic N) is 3. The largest absolute Gasteiger partial charge is 0.497 e. The van der Waals surface area contributed by atoms with Gasteiger partial charge in [0, 0.05) is 31.2 Å². The van der Waals surface area contributed by atoms with Crippen molar-refractivity contribution in [2.75, 3.05) is 25.5 Å². The molecular formula is C25H27N5O4S. The number of nitrogens with one attached hydrogen (secondary N) is 2. The molecule has 0 unspecified atom stereocenters. The van der Waals surface area contributed by atoms with Crippen LogP contribution in [0.2, 0.25) is 0 Å². The number of ether oxygens (including phenoxy) is 1. The summed E-state index contributed by atoms with van der Waals surface area (Å²) in [6.45, 7) is 3.42. The van der Waals surface area contributed by atoms with Crippen molar-refractivity contribution in [3.05, 3.63) is 69.7 Å². The number of carbonyl (C=O) groups is 3. The summed E-state index contributed by atoms with van der Waals surface area (Å²) in [5, 5.41) is 13.8. The van der Waals surface area contributed by atoms with E-state index in [0.29, 0.717) is 43.9 Å². The molecule has 0 atom stereocenters. The van der Waals surface area contributed by atoms with E-state index in [2.05, 4.69) is 20.8 Å². The zero-order valence-electron chi connectivity index (χ0n) is 19.6. The summed E-state index contributed by atoms with van der Waals surface area (Å²) >= 11 is 0.954. The van der Waals surface area contributed by atoms with E-state index in [4.69, 9.17) is 4.74 Å². The molecule has 9 nitrogen and oxygen atoms in total. The van der Waals surface area contributed by atoms with Crippen LogP contribution in [0.1, 0.15) is 43.6 Å². The number of methoxy groups -OCH3 is 1. The molecule has 2 heterocycles. The first-order valence-electron chi connectivity index (χ1n) is 11.3. The summed E-state index contributed by atoms with van der Waals surface area (Å²) in [6.07, 6.45) is 1.16. The first-order chi connectivity index (χ1) is 16.9. The van der Waals surface area contributed by atoms with Crippen LogP contribution in [0.15, 0.2) is 48.5 Å². The topological polar surface area (TPSA) is 114 Å². The number of aryl methyl sites for hydroxylation is 1. The van der Waals surface area contributed by atoms with Crippen LogP contribution in [-0.2, 0) is 11.3 Å². The summed E-state index contributed by atoms with van der Waals surface area (Å²) in [5.41, 5.74) is 2.82. The predicted octanol–water partition coefficient (Wildman–Crippen LogP) is 3.28. The van der Waals surface area contributed by atoms with Gasteiger partial charge in [0.1, 0.15) is 5.75 Å². The maximum Gasteiger partial charge on any atom is 0.286 e. The summed E-state index contributed by atoms with van der Waals surface area (Å²) in [6, 6.07) is 14.9. The van der Waals surface area contributed by atoms with Crippen molar-refractivity contribution >= 4 is 34.7 Å². The number of hydrogen-bond acceptors (Lipinski definition) is 7. The standard InChI is InChI=1S/C25H27N5O4S/c1-16-5-3-4-6-18(16)15-26-21(31)17-11-13-30(14-12-17)25(33)24-29-28-23(35-24)22(32)27-19-7-9-20(34-2)10-8-19/h3-10,17H,11-15H2,1-2H3,(H,26,31)(H,27,32). The van der Waals surface area contributed by atoms with E-state index in [1.807, 2.05) is 31.2 Å². The number of amides is 3. The van der Waals surface area contributed by atoms with Gasteiger partial charge in [-0.2, -0.15) is 0 Å². The van der Waals surface area contributed by atoms with Crippen LogP contribution in [0.25, 0.3) is 0 Å². The lowest BCUT2D eigenvalue weighted by atomic mass is 9.95. The number of benzene rings is 2. The fourth-order valence-corrected chi connectivity index (χ4v) is 4.58. The van der Waals surface area contributed by atoms with Crippen molar-refractivity contribution in [3.8, 4) is 5.75 Å². The van der Waals surface area contributed by atoms with E-state index in [9.17, 15) is 14.4 Å². The van der Waals surface area contributed by atoms with E-state index < -0.39 is 5.91 Å². The highest BCUT2D eigenvalue weighted by atomic mass is 32.1. The summed E-state index contributed by atoms with van der Waals surface area (Å²) in [7, 11) is 1.57. The van der Waals surface area contributed by atoms with Crippen LogP contribution in [-0.4, -0.2) is 53.0 Å². The van der Waals surface area contributed by atoms with Crippen LogP contribution in [0.3, 0.4) is 0 Å². The van der Waals surface area contributed by atoms with Gasteiger partial charge in [-0.15, -0.1) is 10.2 Å². The minimum Gasteiger partial charge on any atom is -0.497 e. The normalized spacial score (nSPS) is 13.8. The van der Waals surface area contributed by atoms with Crippen molar-refractivity contribution in [1.29, 1.82) is 0 Å². The number of aromatic nitrogens is 2. The number of hydrogen-bond donors (Lipinski definition) is 2. The number of piperidine rings is 1. The summed E-state index contributed by atoms with van der Waals surface area (Å²) in [5.74, 6) is -0.156. The van der Waals surface area contributed by atoms with Gasteiger partial charge in [-0.3, -0.25) is 14.4 Å². The molecule has 1 aromatic heterocycles. The van der Waals surface area contributed by atoms with Crippen molar-refractivity contribution in [1.82, 2.24) is 20.4 Å². The first-order valence-corrected chi connectivity index (χ1v) is 12.2. The third kappa shape index (κ3) is 6.02. The fourth-order valence-electron chi connectivity index (χ4n) is 3.88. The molecule has 2 N–H and O–H groups in total. The molecule has 0 spiro atoms. The van der Waals surface area contributed by atoms with Crippen LogP contribution >= 0.6 is 11.3 Å². The average molecular weight is 494 g/mol. The van der Waals surface area contributed by atoms with Crippen molar-refractivity contribution in [2.45, 2.75) is 26.3 Å². The Labute approximate surface area is 207 Å². The number of rotatable bonds is 7. The zero-order valence-corrected chi connectivity index (χ0v) is 20.4. The third-order valence-electron chi connectivity index (χ3n) is 6.02. The monoisotopic (exact) mass is 493 g/mol. The van der Waals surface area contributed by atoms with Gasteiger partial charge < -0.3 is 20.3 Å². The van der Waals surface area contributed by atoms with E-state index in [1.165, 1.54) is 0 Å². The molecule has 1 aliphatic heterocycles. The molecule has 0 radical (unpaired) electrons. The zero-order chi connectivity index (χ0) is 24.8. The Kier molecular flexibility index (Phi) is 7.71. The molecule has 0 saturated carbocycles. The molecule has 10 heteroatoms. The quantitative estimate of drug-likeness (QED) is 0.522. The molecule has 1 aliphatic rings. The molecule has 3 aromatic rings. The second-order valence-corrected chi connectivity index (χ2v) is 9.28. The summed E-state index contributed by atoms with van der Waals surface area (Å²) in [4.78, 5) is 39.6. The Hall–Kier alpha value is -3.79. The highest BCUT2D eigenvalue weighted by Gasteiger charge is 2.29. The number of likely N-dealkylation sites (tertiary alicyclic amines) is 1. The summed E-state index contributed by atoms with van der Waals surface area (Å²) < 4.78 is 5.10. The highest BCUT2D eigenvalue weighted by molar-refractivity contribution is 7.15. The molecule has 4 rings (SSSR count). The smallest absolute Gasteiger partial charge is 0.286 e. The maximum absolute atomic E-state index is 12.9. The molecule has 0 bridgehead atoms. The van der Waals surface area contributed by atoms with Crippen molar-refractivity contribution < 1.29 is 19.1 Å². The van der Waals surface area contributed by atoms with Gasteiger partial charge in [0.2, 0.25) is 15.9 Å². The molecule has 1 saturated heterocycles. The molecule has 3 amide bonds. The Bertz CT molecular complexity index is 1200. The van der Waals surface area contributed by atoms with Gasteiger partial charge in [-0.05, 0) is 55.2 Å². The number of carbonyl (C=O) groups excluding carboxylic acids is 3. The first kappa shape index (κ1) is 24.3. The highest BCUT2D eigenvalue weighted by Crippen LogP contribution is 2.22. The Morgan fingerprint density at radius 1 is 1.03 bits per heavy atom. The van der Waals surface area contributed by atoms with Crippen molar-refractivity contribution in [2.24, 2.45) is 5.92 Å². The second-order valence-electron chi connectivity index (χ2n) is 8.31. The van der Waals surface area contributed by atoms with Gasteiger partial charge in [-0.25, -0.2) is 0 Å². The van der Waals surface area contributed by atoms with Gasteiger partial charge in [0.05, 0.1) is 7.11 Å². The molecule has 2 aromatic carbocycles. The van der Waals surface area contributed by atoms with Crippen LogP contribution in [0, 0.1) is 12.8 Å². The van der Waals surface area contributed by atoms with Crippen LogP contribution < -0.4 is 15.4 Å². The van der Waals surface area contributed by atoms with Crippen LogP contribution in [0.4, 0.5) is 5.69 Å². The minimum absolute atomic E-state index is 0.00811. The second kappa shape index (κ2) is 11.1. The van der Waals surface area contributed by atoms with E-state index in [-0.39, 0.29) is 27.7 Å². The molecular weight excluding hydrogens is 466 g/mol. The molecule has 182 valence electrons. The molecule has 0 aliphatic carbocycles. The van der Waals surface area contributed by atoms with Crippen LogP contribution in [0.5, 0.6) is 5.75 Å². The van der Waals surface area contributed by atoms with Gasteiger partial charge >= 0.3 is 0 Å². The van der Waals surface area contributed by atoms with E-state index >= 15 is 0 Å². The number of anilines is 1. The average Bonchev–Trinajstić information content (AvgIpc) is 3.39. The fraction of sp³-hybridized carbons (Fsp3) is 0.320. The minimum atomic E-state index is -0.434. The van der Waals surface area contributed by atoms with E-state index in [0.717, 1.165) is 22.5 Å². The van der Waals surface area contributed by atoms with Crippen molar-refractivity contribution in [3.63, 3.8) is 0 Å². The van der Waals surface area contributed by atoms with E-state index in [1.54, 1.807) is 36.3 Å². The van der Waals surface area contributed by atoms with Gasteiger partial charge in [0.15, 0.2) is 0 Å². The lowest BCUT2D eigenvalue weighted by Gasteiger charge is -2.30. The Morgan fingerprint density at radius 3 is 2.40 bits per heavy atom. The Balaban J connectivity index is 1.27. The van der Waals surface area contributed by atoms with Gasteiger partial charge in [-0.1, -0.05) is 35.6 Å². The lowest BCUT2D eigenvalue weighted by molar-refractivity contribution is -0.126. The van der Waals surface area contributed by atoms with Gasteiger partial charge in [0.25, 0.3) is 11.8 Å². The predicted molar refractivity (Wildman–Crippen MR) is 133 cm³/mol. The molecule has 35 heavy (non-hydrogen) atoms. The molecule has 1 fully saturated rings. The Morgan fingerprint density at radius 2 is 1.71 bits per heavy atom.